The number of halogens is 2. The Labute approximate surface area is 155 Å². The highest BCUT2D eigenvalue weighted by atomic mass is 35.5. The summed E-state index contributed by atoms with van der Waals surface area (Å²) in [5.41, 5.74) is 3.29. The largest absolute Gasteiger partial charge is 1.00 e. The number of quaternary nitrogens is 2. The first-order chi connectivity index (χ1) is 10.8. The SMILES string of the molecule is CC([NH2+]CC[NH+]1C=Nc2ccccc21)C(O)c1ccccc1.[Cl-].[Cl-]. The minimum absolute atomic E-state index is 0. The monoisotopic (exact) mass is 367 g/mol. The summed E-state index contributed by atoms with van der Waals surface area (Å²) in [5, 5.41) is 12.6. The number of hydrogen-bond acceptors (Lipinski definition) is 2. The molecule has 4 N–H and O–H groups in total. The van der Waals surface area contributed by atoms with Gasteiger partial charge in [0.05, 0.1) is 0 Å². The van der Waals surface area contributed by atoms with Gasteiger partial charge in [0.25, 0.3) is 0 Å². The van der Waals surface area contributed by atoms with Crippen molar-refractivity contribution in [3.8, 4) is 0 Å². The number of hydrogen-bond donors (Lipinski definition) is 3. The van der Waals surface area contributed by atoms with E-state index in [1.54, 1.807) is 0 Å². The number of benzene rings is 2. The highest BCUT2D eigenvalue weighted by Gasteiger charge is 2.23. The maximum absolute atomic E-state index is 10.4. The zero-order chi connectivity index (χ0) is 15.4. The Morgan fingerprint density at radius 3 is 2.46 bits per heavy atom. The van der Waals surface area contributed by atoms with E-state index < -0.39 is 6.10 Å². The standard InChI is InChI=1S/C18H21N3O.2ClH/c1-14(18(22)15-7-3-2-4-8-15)19-11-12-21-13-20-16-9-5-6-10-17(16)21;;/h2-10,13-14,18-19,22H,11-12H2,1H3;2*1H. The van der Waals surface area contributed by atoms with Crippen molar-refractivity contribution in [3.05, 3.63) is 60.2 Å². The average Bonchev–Trinajstić information content (AvgIpc) is 2.98. The van der Waals surface area contributed by atoms with E-state index >= 15 is 0 Å². The topological polar surface area (TPSA) is 53.6 Å². The van der Waals surface area contributed by atoms with E-state index in [2.05, 4.69) is 29.4 Å². The van der Waals surface area contributed by atoms with E-state index in [-0.39, 0.29) is 30.9 Å². The van der Waals surface area contributed by atoms with Gasteiger partial charge in [0.15, 0.2) is 12.0 Å². The number of para-hydroxylation sites is 2. The number of aliphatic hydroxyl groups is 1. The maximum atomic E-state index is 10.4. The van der Waals surface area contributed by atoms with Crippen LogP contribution in [0.1, 0.15) is 18.6 Å². The summed E-state index contributed by atoms with van der Waals surface area (Å²) in [4.78, 5) is 5.72. The van der Waals surface area contributed by atoms with Gasteiger partial charge in [-0.25, -0.2) is 0 Å². The predicted molar refractivity (Wildman–Crippen MR) is 87.7 cm³/mol. The fraction of sp³-hybridized carbons (Fsp3) is 0.278. The van der Waals surface area contributed by atoms with Crippen LogP contribution in [0.25, 0.3) is 0 Å². The Morgan fingerprint density at radius 1 is 1.04 bits per heavy atom. The molecule has 0 spiro atoms. The summed E-state index contributed by atoms with van der Waals surface area (Å²) in [6, 6.07) is 18.2. The Morgan fingerprint density at radius 2 is 1.71 bits per heavy atom. The average molecular weight is 368 g/mol. The van der Waals surface area contributed by atoms with Crippen LogP contribution in [-0.2, 0) is 0 Å². The third kappa shape index (κ3) is 4.79. The van der Waals surface area contributed by atoms with Crippen molar-refractivity contribution in [2.45, 2.75) is 19.1 Å². The molecule has 130 valence electrons. The molecule has 3 rings (SSSR count). The molecule has 1 aliphatic rings. The molecule has 2 aromatic rings. The van der Waals surface area contributed by atoms with Crippen LogP contribution in [-0.4, -0.2) is 30.6 Å². The molecule has 2 aromatic carbocycles. The second-order valence-corrected chi connectivity index (χ2v) is 5.79. The molecule has 0 fully saturated rings. The second kappa shape index (κ2) is 9.77. The normalized spacial score (nSPS) is 17.3. The Kier molecular flexibility index (Phi) is 8.39. The molecule has 24 heavy (non-hydrogen) atoms. The van der Waals surface area contributed by atoms with Gasteiger partial charge in [-0.05, 0) is 18.6 Å². The molecular formula is C18H23Cl2N3O. The van der Waals surface area contributed by atoms with E-state index in [4.69, 9.17) is 0 Å². The van der Waals surface area contributed by atoms with Crippen LogP contribution in [0, 0.1) is 0 Å². The minimum atomic E-state index is -0.435. The lowest BCUT2D eigenvalue weighted by molar-refractivity contribution is -0.774. The number of nitrogens with zero attached hydrogens (tertiary/aromatic N) is 1. The summed E-state index contributed by atoms with van der Waals surface area (Å²) in [7, 11) is 0. The van der Waals surface area contributed by atoms with E-state index in [0.29, 0.717) is 0 Å². The Balaban J connectivity index is 0.00000144. The van der Waals surface area contributed by atoms with Crippen LogP contribution < -0.4 is 35.0 Å². The lowest BCUT2D eigenvalue weighted by Gasteiger charge is -2.18. The first-order valence-electron chi connectivity index (χ1n) is 7.81. The number of nitrogens with one attached hydrogen (secondary N) is 1. The smallest absolute Gasteiger partial charge is 0.194 e. The molecule has 0 bridgehead atoms. The third-order valence-corrected chi connectivity index (χ3v) is 4.20. The lowest BCUT2D eigenvalue weighted by atomic mass is 10.0. The third-order valence-electron chi connectivity index (χ3n) is 4.20. The van der Waals surface area contributed by atoms with Gasteiger partial charge in [-0.3, -0.25) is 4.90 Å². The van der Waals surface area contributed by atoms with E-state index in [1.807, 2.05) is 48.8 Å². The summed E-state index contributed by atoms with van der Waals surface area (Å²) < 4.78 is 0. The van der Waals surface area contributed by atoms with Crippen molar-refractivity contribution >= 4 is 17.7 Å². The molecule has 0 aromatic heterocycles. The molecule has 0 saturated carbocycles. The Bertz CT molecular complexity index is 652. The summed E-state index contributed by atoms with van der Waals surface area (Å²) in [6.07, 6.45) is 1.53. The van der Waals surface area contributed by atoms with Crippen molar-refractivity contribution < 1.29 is 40.1 Å². The number of rotatable bonds is 6. The van der Waals surface area contributed by atoms with Crippen molar-refractivity contribution in [1.29, 1.82) is 0 Å². The molecule has 0 aliphatic carbocycles. The predicted octanol–water partition coefficient (Wildman–Crippen LogP) is -5.43. The zero-order valence-corrected chi connectivity index (χ0v) is 15.1. The highest BCUT2D eigenvalue weighted by Crippen LogP contribution is 2.22. The number of nitrogens with two attached hydrogens (primary N) is 1. The molecule has 0 amide bonds. The van der Waals surface area contributed by atoms with Gasteiger partial charge in [0, 0.05) is 6.07 Å². The van der Waals surface area contributed by atoms with E-state index in [0.717, 1.165) is 24.3 Å². The van der Waals surface area contributed by atoms with Crippen LogP contribution in [0.3, 0.4) is 0 Å². The highest BCUT2D eigenvalue weighted by molar-refractivity contribution is 5.71. The van der Waals surface area contributed by atoms with E-state index in [9.17, 15) is 5.11 Å². The number of aliphatic hydroxyl groups excluding tert-OH is 1. The van der Waals surface area contributed by atoms with Gasteiger partial charge in [-0.1, -0.05) is 42.5 Å². The fourth-order valence-electron chi connectivity index (χ4n) is 2.86. The molecule has 3 unspecified atom stereocenters. The molecule has 0 radical (unpaired) electrons. The summed E-state index contributed by atoms with van der Waals surface area (Å²) in [6.45, 7) is 3.98. The van der Waals surface area contributed by atoms with Crippen LogP contribution >= 0.6 is 0 Å². The van der Waals surface area contributed by atoms with Gasteiger partial charge >= 0.3 is 0 Å². The Hall–Kier alpha value is -1.43. The quantitative estimate of drug-likeness (QED) is 0.469. The van der Waals surface area contributed by atoms with Crippen molar-refractivity contribution in [2.24, 2.45) is 4.99 Å². The maximum Gasteiger partial charge on any atom is 0.194 e. The van der Waals surface area contributed by atoms with E-state index in [1.165, 1.54) is 10.6 Å². The van der Waals surface area contributed by atoms with Crippen molar-refractivity contribution in [1.82, 2.24) is 0 Å². The first kappa shape index (κ1) is 20.6. The van der Waals surface area contributed by atoms with Crippen LogP contribution in [0.15, 0.2) is 59.6 Å². The van der Waals surface area contributed by atoms with Gasteiger partial charge in [0.2, 0.25) is 0 Å². The van der Waals surface area contributed by atoms with Crippen molar-refractivity contribution in [2.75, 3.05) is 13.1 Å². The lowest BCUT2D eigenvalue weighted by Crippen LogP contribution is -3.09. The van der Waals surface area contributed by atoms with Gasteiger partial charge in [-0.2, -0.15) is 4.99 Å². The first-order valence-corrected chi connectivity index (χ1v) is 7.81. The van der Waals surface area contributed by atoms with Crippen molar-refractivity contribution in [3.63, 3.8) is 0 Å². The van der Waals surface area contributed by atoms with Crippen LogP contribution in [0.4, 0.5) is 11.4 Å². The molecule has 0 saturated heterocycles. The summed E-state index contributed by atoms with van der Waals surface area (Å²) in [5.74, 6) is 0. The molecule has 1 aliphatic heterocycles. The zero-order valence-electron chi connectivity index (χ0n) is 13.6. The molecule has 1 heterocycles. The molecule has 3 atom stereocenters. The minimum Gasteiger partial charge on any atom is -1.00 e. The summed E-state index contributed by atoms with van der Waals surface area (Å²) >= 11 is 0. The second-order valence-electron chi connectivity index (χ2n) is 5.79. The van der Waals surface area contributed by atoms with Gasteiger partial charge in [0.1, 0.15) is 30.9 Å². The number of aliphatic imine (C=N–C) groups is 1. The molecular weight excluding hydrogens is 345 g/mol. The van der Waals surface area contributed by atoms with Gasteiger partial charge in [-0.15, -0.1) is 0 Å². The molecule has 4 nitrogen and oxygen atoms in total. The molecule has 6 heteroatoms. The fourth-order valence-corrected chi connectivity index (χ4v) is 2.86. The van der Waals surface area contributed by atoms with Crippen LogP contribution in [0.2, 0.25) is 0 Å². The number of fused-ring (bicyclic) bond motifs is 1. The van der Waals surface area contributed by atoms with Crippen LogP contribution in [0.5, 0.6) is 0 Å². The van der Waals surface area contributed by atoms with Gasteiger partial charge < -0.3 is 35.2 Å².